The molecule has 0 aliphatic carbocycles. The Hall–Kier alpha value is -0.850. The van der Waals surface area contributed by atoms with E-state index in [0.29, 0.717) is 16.6 Å². The number of fused-ring (bicyclic) bond motifs is 1. The number of nitrogens with zero attached hydrogens (tertiary/aromatic N) is 3. The summed E-state index contributed by atoms with van der Waals surface area (Å²) in [5, 5.41) is 6.39. The van der Waals surface area contributed by atoms with Crippen LogP contribution < -0.4 is 5.73 Å². The number of hydrogen-bond donors (Lipinski definition) is 1. The number of rotatable bonds is 2. The van der Waals surface area contributed by atoms with E-state index in [-0.39, 0.29) is 12.4 Å². The maximum atomic E-state index is 6.14. The molecule has 19 heavy (non-hydrogen) atoms. The summed E-state index contributed by atoms with van der Waals surface area (Å²) in [6.07, 6.45) is 1.82. The van der Waals surface area contributed by atoms with Crippen molar-refractivity contribution in [2.24, 2.45) is 5.73 Å². The van der Waals surface area contributed by atoms with Gasteiger partial charge in [0.05, 0.1) is 16.9 Å². The maximum Gasteiger partial charge on any atom is 0.212 e. The molecule has 0 amide bonds. The Morgan fingerprint density at radius 2 is 2.11 bits per heavy atom. The maximum absolute atomic E-state index is 6.14. The number of hydrogen-bond acceptors (Lipinski definition) is 4. The second-order valence-electron chi connectivity index (χ2n) is 3.68. The molecule has 0 fully saturated rings. The van der Waals surface area contributed by atoms with Gasteiger partial charge in [0.1, 0.15) is 5.01 Å². The molecule has 0 aliphatic rings. The molecular weight excluding hydrogens is 327 g/mol. The minimum Gasteiger partial charge on any atom is -0.324 e. The van der Waals surface area contributed by atoms with Gasteiger partial charge in [0, 0.05) is 17.1 Å². The first-order chi connectivity index (χ1) is 8.67. The van der Waals surface area contributed by atoms with Gasteiger partial charge in [-0.15, -0.1) is 12.4 Å². The standard InChI is InChI=1S/C11H8Cl2N4S.ClH/c12-6-1-2-8(13)7(3-6)9-5-17-11(15-9)18-10(4-14)16-17;/h1-3,5H,4,14H2;1H. The molecule has 3 rings (SSSR count). The summed E-state index contributed by atoms with van der Waals surface area (Å²) >= 11 is 13.6. The molecule has 0 saturated carbocycles. The summed E-state index contributed by atoms with van der Waals surface area (Å²) in [6.45, 7) is 0.418. The van der Waals surface area contributed by atoms with Gasteiger partial charge in [0.15, 0.2) is 0 Å². The third-order valence-electron chi connectivity index (χ3n) is 2.46. The Morgan fingerprint density at radius 3 is 2.79 bits per heavy atom. The molecule has 2 heterocycles. The van der Waals surface area contributed by atoms with Crippen molar-refractivity contribution in [3.8, 4) is 11.3 Å². The van der Waals surface area contributed by atoms with Crippen LogP contribution in [0.4, 0.5) is 0 Å². The molecule has 0 atom stereocenters. The quantitative estimate of drug-likeness (QED) is 0.778. The number of imidazole rings is 1. The predicted octanol–water partition coefficient (Wildman–Crippen LogP) is 3.65. The Kier molecular flexibility index (Phi) is 4.32. The van der Waals surface area contributed by atoms with Gasteiger partial charge in [-0.05, 0) is 18.2 Å². The molecule has 2 aromatic heterocycles. The van der Waals surface area contributed by atoms with Crippen LogP contribution in [-0.2, 0) is 6.54 Å². The monoisotopic (exact) mass is 334 g/mol. The smallest absolute Gasteiger partial charge is 0.212 e. The average molecular weight is 336 g/mol. The van der Waals surface area contributed by atoms with Crippen LogP contribution in [0.2, 0.25) is 10.0 Å². The average Bonchev–Trinajstić information content (AvgIpc) is 2.89. The van der Waals surface area contributed by atoms with Crippen molar-refractivity contribution in [2.75, 3.05) is 0 Å². The zero-order valence-corrected chi connectivity index (χ0v) is 12.7. The van der Waals surface area contributed by atoms with Gasteiger partial charge in [0.2, 0.25) is 4.96 Å². The molecule has 1 aromatic carbocycles. The molecule has 8 heteroatoms. The lowest BCUT2D eigenvalue weighted by Crippen LogP contribution is -1.95. The highest BCUT2D eigenvalue weighted by molar-refractivity contribution is 7.16. The molecule has 0 saturated heterocycles. The molecule has 0 spiro atoms. The van der Waals surface area contributed by atoms with Crippen LogP contribution in [0.25, 0.3) is 16.2 Å². The van der Waals surface area contributed by atoms with Gasteiger partial charge in [-0.2, -0.15) is 5.10 Å². The van der Waals surface area contributed by atoms with Crippen LogP contribution in [0.15, 0.2) is 24.4 Å². The highest BCUT2D eigenvalue weighted by atomic mass is 35.5. The largest absolute Gasteiger partial charge is 0.324 e. The van der Waals surface area contributed by atoms with Crippen LogP contribution in [0.1, 0.15) is 5.01 Å². The fourth-order valence-electron chi connectivity index (χ4n) is 1.65. The van der Waals surface area contributed by atoms with E-state index in [1.165, 1.54) is 11.3 Å². The highest BCUT2D eigenvalue weighted by Gasteiger charge is 2.11. The van der Waals surface area contributed by atoms with Crippen molar-refractivity contribution < 1.29 is 0 Å². The molecular formula is C11H9Cl3N4S. The second-order valence-corrected chi connectivity index (χ2v) is 5.56. The first-order valence-electron chi connectivity index (χ1n) is 5.18. The van der Waals surface area contributed by atoms with Crippen LogP contribution >= 0.6 is 46.9 Å². The van der Waals surface area contributed by atoms with E-state index < -0.39 is 0 Å². The summed E-state index contributed by atoms with van der Waals surface area (Å²) < 4.78 is 1.71. The molecule has 0 unspecified atom stereocenters. The second kappa shape index (κ2) is 5.64. The Labute approximate surface area is 129 Å². The summed E-state index contributed by atoms with van der Waals surface area (Å²) in [6, 6.07) is 5.29. The van der Waals surface area contributed by atoms with Gasteiger partial charge in [-0.1, -0.05) is 34.5 Å². The predicted molar refractivity (Wildman–Crippen MR) is 81.5 cm³/mol. The third kappa shape index (κ3) is 2.70. The Morgan fingerprint density at radius 1 is 1.32 bits per heavy atom. The lowest BCUT2D eigenvalue weighted by atomic mass is 10.2. The summed E-state index contributed by atoms with van der Waals surface area (Å²) in [4.78, 5) is 5.27. The number of halogens is 3. The topological polar surface area (TPSA) is 56.2 Å². The molecule has 0 aliphatic heterocycles. The minimum absolute atomic E-state index is 0. The first kappa shape index (κ1) is 14.6. The molecule has 4 nitrogen and oxygen atoms in total. The first-order valence-corrected chi connectivity index (χ1v) is 6.75. The lowest BCUT2D eigenvalue weighted by Gasteiger charge is -2.00. The van der Waals surface area contributed by atoms with E-state index in [9.17, 15) is 0 Å². The third-order valence-corrected chi connectivity index (χ3v) is 3.97. The van der Waals surface area contributed by atoms with Crippen molar-refractivity contribution in [1.82, 2.24) is 14.6 Å². The Bertz CT molecular complexity index is 690. The summed E-state index contributed by atoms with van der Waals surface area (Å²) in [7, 11) is 0. The van der Waals surface area contributed by atoms with Gasteiger partial charge >= 0.3 is 0 Å². The lowest BCUT2D eigenvalue weighted by molar-refractivity contribution is 0.897. The van der Waals surface area contributed by atoms with Crippen LogP contribution in [0.5, 0.6) is 0 Å². The molecule has 0 bridgehead atoms. The van der Waals surface area contributed by atoms with Crippen molar-refractivity contribution >= 4 is 51.9 Å². The number of aromatic nitrogens is 3. The van der Waals surface area contributed by atoms with Gasteiger partial charge in [-0.3, -0.25) is 0 Å². The van der Waals surface area contributed by atoms with Crippen LogP contribution in [0, 0.1) is 0 Å². The van der Waals surface area contributed by atoms with E-state index in [2.05, 4.69) is 10.1 Å². The number of nitrogens with two attached hydrogens (primary N) is 1. The van der Waals surface area contributed by atoms with E-state index in [0.717, 1.165) is 21.2 Å². The van der Waals surface area contributed by atoms with Gasteiger partial charge in [0.25, 0.3) is 0 Å². The normalized spacial score (nSPS) is 10.7. The number of benzene rings is 1. The van der Waals surface area contributed by atoms with E-state index in [4.69, 9.17) is 28.9 Å². The van der Waals surface area contributed by atoms with Crippen molar-refractivity contribution in [1.29, 1.82) is 0 Å². The summed E-state index contributed by atoms with van der Waals surface area (Å²) in [5.74, 6) is 0. The summed E-state index contributed by atoms with van der Waals surface area (Å²) in [5.41, 5.74) is 7.09. The fourth-order valence-corrected chi connectivity index (χ4v) is 2.79. The highest BCUT2D eigenvalue weighted by Crippen LogP contribution is 2.30. The van der Waals surface area contributed by atoms with Crippen molar-refractivity contribution in [3.05, 3.63) is 39.4 Å². The molecule has 2 N–H and O–H groups in total. The van der Waals surface area contributed by atoms with Crippen LogP contribution in [0.3, 0.4) is 0 Å². The molecule has 100 valence electrons. The zero-order valence-electron chi connectivity index (χ0n) is 9.51. The van der Waals surface area contributed by atoms with E-state index >= 15 is 0 Å². The SMILES string of the molecule is Cl.NCc1nn2cc(-c3cc(Cl)ccc3Cl)nc2s1. The van der Waals surface area contributed by atoms with Crippen molar-refractivity contribution in [2.45, 2.75) is 6.54 Å². The van der Waals surface area contributed by atoms with Crippen LogP contribution in [-0.4, -0.2) is 14.6 Å². The van der Waals surface area contributed by atoms with E-state index in [1.807, 2.05) is 6.20 Å². The molecule has 3 aromatic rings. The minimum atomic E-state index is 0. The van der Waals surface area contributed by atoms with E-state index in [1.54, 1.807) is 22.7 Å². The zero-order chi connectivity index (χ0) is 12.7. The van der Waals surface area contributed by atoms with Crippen molar-refractivity contribution in [3.63, 3.8) is 0 Å². The Balaban J connectivity index is 0.00000133. The fraction of sp³-hybridized carbons (Fsp3) is 0.0909. The van der Waals surface area contributed by atoms with Gasteiger partial charge < -0.3 is 5.73 Å². The van der Waals surface area contributed by atoms with Gasteiger partial charge in [-0.25, -0.2) is 9.50 Å². The molecule has 0 radical (unpaired) electrons.